The van der Waals surface area contributed by atoms with Gasteiger partial charge in [-0.2, -0.15) is 0 Å². The molecule has 8 aromatic carbocycles. The Hall–Kier alpha value is -6.64. The number of para-hydroxylation sites is 3. The van der Waals surface area contributed by atoms with E-state index in [2.05, 4.69) is 230 Å². The third kappa shape index (κ3) is 5.09. The van der Waals surface area contributed by atoms with E-state index in [1.54, 1.807) is 0 Å². The maximum Gasteiger partial charge on any atom is 0.0782 e. The van der Waals surface area contributed by atoms with Crippen LogP contribution in [0.4, 0.5) is 17.1 Å². The number of aromatic nitrogens is 1. The molecule has 0 spiro atoms. The van der Waals surface area contributed by atoms with Crippen molar-refractivity contribution in [1.29, 1.82) is 0 Å². The van der Waals surface area contributed by atoms with Crippen LogP contribution in [0.15, 0.2) is 200 Å². The van der Waals surface area contributed by atoms with Gasteiger partial charge in [0.1, 0.15) is 0 Å². The molecule has 9 aromatic rings. The highest BCUT2D eigenvalue weighted by Crippen LogP contribution is 2.57. The summed E-state index contributed by atoms with van der Waals surface area (Å²) in [4.78, 5) is 2.41. The minimum Gasteiger partial charge on any atom is -0.308 e. The lowest BCUT2D eigenvalue weighted by atomic mass is 9.67. The zero-order valence-corrected chi connectivity index (χ0v) is 31.4. The number of rotatable bonds is 6. The second-order valence-corrected chi connectivity index (χ2v) is 15.8. The van der Waals surface area contributed by atoms with E-state index in [0.29, 0.717) is 0 Å². The minimum absolute atomic E-state index is 0.0201. The molecule has 0 fully saturated rings. The van der Waals surface area contributed by atoms with Gasteiger partial charge in [0.25, 0.3) is 0 Å². The highest BCUT2D eigenvalue weighted by atomic mass is 15.2. The monoisotopic (exact) mass is 706 g/mol. The van der Waals surface area contributed by atoms with Gasteiger partial charge in [0.05, 0.1) is 22.1 Å². The van der Waals surface area contributed by atoms with E-state index < -0.39 is 5.41 Å². The van der Waals surface area contributed by atoms with E-state index in [1.165, 1.54) is 60.8 Å². The summed E-state index contributed by atoms with van der Waals surface area (Å²) in [7, 11) is 0. The van der Waals surface area contributed by atoms with E-state index >= 15 is 0 Å². The van der Waals surface area contributed by atoms with Gasteiger partial charge in [-0.1, -0.05) is 172 Å². The van der Waals surface area contributed by atoms with Gasteiger partial charge in [-0.3, -0.25) is 0 Å². The summed E-state index contributed by atoms with van der Waals surface area (Å²) < 4.78 is 2.54. The van der Waals surface area contributed by atoms with Crippen molar-refractivity contribution in [3.8, 4) is 16.8 Å². The summed E-state index contributed by atoms with van der Waals surface area (Å²) in [6.45, 7) is 6.92. The first-order valence-corrected chi connectivity index (χ1v) is 19.3. The summed E-state index contributed by atoms with van der Waals surface area (Å²) in [5, 5.41) is 2.47. The molecule has 264 valence electrons. The fourth-order valence-electron chi connectivity index (χ4n) is 9.12. The second-order valence-electron chi connectivity index (χ2n) is 15.8. The number of fused-ring (bicyclic) bond motifs is 6. The fraction of sp³-hybridized carbons (Fsp3) is 0.0943. The summed E-state index contributed by atoms with van der Waals surface area (Å²) >= 11 is 0. The van der Waals surface area contributed by atoms with Crippen LogP contribution >= 0.6 is 0 Å². The Balaban J connectivity index is 1.34. The lowest BCUT2D eigenvalue weighted by Gasteiger charge is -2.34. The second kappa shape index (κ2) is 12.7. The summed E-state index contributed by atoms with van der Waals surface area (Å²) in [5.74, 6) is 0. The smallest absolute Gasteiger partial charge is 0.0782 e. The molecule has 1 aliphatic carbocycles. The number of hydrogen-bond acceptors (Lipinski definition) is 1. The normalized spacial score (nSPS) is 13.1. The molecule has 0 atom stereocenters. The Bertz CT molecular complexity index is 2750. The van der Waals surface area contributed by atoms with E-state index in [9.17, 15) is 0 Å². The lowest BCUT2D eigenvalue weighted by Crippen LogP contribution is -2.28. The predicted octanol–water partition coefficient (Wildman–Crippen LogP) is 13.9. The molecule has 1 aliphatic rings. The van der Waals surface area contributed by atoms with Crippen LogP contribution in [-0.4, -0.2) is 4.57 Å². The van der Waals surface area contributed by atoms with Crippen LogP contribution in [0, 0.1) is 0 Å². The molecule has 2 nitrogen and oxygen atoms in total. The van der Waals surface area contributed by atoms with Crippen molar-refractivity contribution in [2.45, 2.75) is 31.6 Å². The molecular formula is C53H42N2. The molecule has 10 rings (SSSR count). The van der Waals surface area contributed by atoms with Crippen LogP contribution in [0.2, 0.25) is 0 Å². The van der Waals surface area contributed by atoms with Crippen LogP contribution < -0.4 is 4.90 Å². The fourth-order valence-corrected chi connectivity index (χ4v) is 9.12. The zero-order chi connectivity index (χ0) is 37.1. The van der Waals surface area contributed by atoms with E-state index in [-0.39, 0.29) is 5.41 Å². The first-order valence-electron chi connectivity index (χ1n) is 19.3. The average molecular weight is 707 g/mol. The zero-order valence-electron chi connectivity index (χ0n) is 31.4. The van der Waals surface area contributed by atoms with E-state index in [4.69, 9.17) is 0 Å². The SMILES string of the molecule is CC(C)(C)c1ccc2c3cccc(N(c4ccccc4)c4ccccc4)c3n(-c3ccc4c(c3)C(c3ccccc3)(c3ccccc3)c3ccccc3-4)c2c1. The maximum absolute atomic E-state index is 2.54. The van der Waals surface area contributed by atoms with Crippen molar-refractivity contribution in [3.05, 3.63) is 228 Å². The largest absolute Gasteiger partial charge is 0.308 e. The van der Waals surface area contributed by atoms with Gasteiger partial charge in [0.15, 0.2) is 0 Å². The Kier molecular flexibility index (Phi) is 7.64. The van der Waals surface area contributed by atoms with Crippen LogP contribution in [-0.2, 0) is 10.8 Å². The Morgan fingerprint density at radius 1 is 0.455 bits per heavy atom. The van der Waals surface area contributed by atoms with Gasteiger partial charge in [-0.15, -0.1) is 0 Å². The molecule has 0 N–H and O–H groups in total. The molecular weight excluding hydrogens is 665 g/mol. The van der Waals surface area contributed by atoms with Gasteiger partial charge in [0, 0.05) is 27.8 Å². The van der Waals surface area contributed by atoms with Crippen molar-refractivity contribution >= 4 is 38.9 Å². The Labute approximate surface area is 323 Å². The molecule has 55 heavy (non-hydrogen) atoms. The molecule has 0 saturated carbocycles. The molecule has 2 heteroatoms. The molecule has 0 saturated heterocycles. The van der Waals surface area contributed by atoms with Crippen molar-refractivity contribution < 1.29 is 0 Å². The summed E-state index contributed by atoms with van der Waals surface area (Å²) in [5.41, 5.74) is 15.4. The topological polar surface area (TPSA) is 8.17 Å². The lowest BCUT2D eigenvalue weighted by molar-refractivity contribution is 0.591. The molecule has 0 aliphatic heterocycles. The molecule has 0 amide bonds. The van der Waals surface area contributed by atoms with E-state index in [0.717, 1.165) is 22.7 Å². The molecule has 0 bridgehead atoms. The van der Waals surface area contributed by atoms with Gasteiger partial charge in [-0.05, 0) is 92.9 Å². The Morgan fingerprint density at radius 2 is 1.02 bits per heavy atom. The van der Waals surface area contributed by atoms with Crippen LogP contribution in [0.5, 0.6) is 0 Å². The van der Waals surface area contributed by atoms with Crippen molar-refractivity contribution in [2.24, 2.45) is 0 Å². The minimum atomic E-state index is -0.497. The summed E-state index contributed by atoms with van der Waals surface area (Å²) in [6, 6.07) is 73.8. The van der Waals surface area contributed by atoms with E-state index in [1.807, 2.05) is 0 Å². The van der Waals surface area contributed by atoms with Crippen molar-refractivity contribution in [3.63, 3.8) is 0 Å². The summed E-state index contributed by atoms with van der Waals surface area (Å²) in [6.07, 6.45) is 0. The predicted molar refractivity (Wildman–Crippen MR) is 231 cm³/mol. The standard InChI is InChI=1S/C53H42N2/c1-52(2,3)39-31-33-45-46-28-18-30-49(54(40-23-12-6-13-24-40)41-25-14-7-15-26-41)51(46)55(50(45)35-39)42-32-34-44-43-27-16-17-29-47(43)53(48(44)36-42,37-19-8-4-9-20-37)38-21-10-5-11-22-38/h4-36H,1-3H3. The van der Waals surface area contributed by atoms with Gasteiger partial charge in [-0.25, -0.2) is 0 Å². The molecule has 0 unspecified atom stereocenters. The average Bonchev–Trinajstić information content (AvgIpc) is 3.73. The van der Waals surface area contributed by atoms with Gasteiger partial charge in [0.2, 0.25) is 0 Å². The first kappa shape index (κ1) is 33.0. The van der Waals surface area contributed by atoms with Crippen molar-refractivity contribution in [2.75, 3.05) is 4.90 Å². The first-order chi connectivity index (χ1) is 26.9. The van der Waals surface area contributed by atoms with Crippen molar-refractivity contribution in [1.82, 2.24) is 4.57 Å². The van der Waals surface area contributed by atoms with Crippen LogP contribution in [0.25, 0.3) is 38.6 Å². The Morgan fingerprint density at radius 3 is 1.64 bits per heavy atom. The number of anilines is 3. The molecule has 1 aromatic heterocycles. The third-order valence-corrected chi connectivity index (χ3v) is 11.6. The molecule has 1 heterocycles. The third-order valence-electron chi connectivity index (χ3n) is 11.6. The highest BCUT2D eigenvalue weighted by molar-refractivity contribution is 6.14. The molecule has 0 radical (unpaired) electrons. The van der Waals surface area contributed by atoms with Crippen LogP contribution in [0.1, 0.15) is 48.6 Å². The number of nitrogens with zero attached hydrogens (tertiary/aromatic N) is 2. The quantitative estimate of drug-likeness (QED) is 0.167. The van der Waals surface area contributed by atoms with Gasteiger partial charge >= 0.3 is 0 Å². The number of benzene rings is 8. The number of hydrogen-bond donors (Lipinski definition) is 0. The maximum atomic E-state index is 2.54. The van der Waals surface area contributed by atoms with Crippen LogP contribution in [0.3, 0.4) is 0 Å². The highest BCUT2D eigenvalue weighted by Gasteiger charge is 2.46. The van der Waals surface area contributed by atoms with Gasteiger partial charge < -0.3 is 9.47 Å².